The number of hydrogen-bond donors (Lipinski definition) is 1. The van der Waals surface area contributed by atoms with Crippen molar-refractivity contribution >= 4 is 35.0 Å². The summed E-state index contributed by atoms with van der Waals surface area (Å²) in [7, 11) is 0. The molecule has 0 heterocycles. The van der Waals surface area contributed by atoms with Gasteiger partial charge in [-0.3, -0.25) is 0 Å². The first-order chi connectivity index (χ1) is 7.11. The van der Waals surface area contributed by atoms with E-state index in [9.17, 15) is 0 Å². The van der Waals surface area contributed by atoms with E-state index in [1.807, 2.05) is 30.8 Å². The Bertz CT molecular complexity index is 315. The number of hydrogen-bond acceptors (Lipinski definition) is 2. The van der Waals surface area contributed by atoms with Crippen LogP contribution in [0.2, 0.25) is 10.0 Å². The van der Waals surface area contributed by atoms with E-state index in [0.29, 0.717) is 10.0 Å². The predicted molar refractivity (Wildman–Crippen MR) is 70.9 cm³/mol. The molecule has 0 amide bonds. The second kappa shape index (κ2) is 6.64. The standard InChI is InChI=1S/C11H15Cl2NS/c1-8(14)5-6-15-7-9-3-2-4-10(12)11(9)13/h2-4,8H,5-7,14H2,1H3. The molecule has 0 aliphatic carbocycles. The molecule has 1 unspecified atom stereocenters. The first-order valence-electron chi connectivity index (χ1n) is 4.87. The second-order valence-corrected chi connectivity index (χ2v) is 5.42. The van der Waals surface area contributed by atoms with Gasteiger partial charge in [-0.05, 0) is 30.7 Å². The summed E-state index contributed by atoms with van der Waals surface area (Å²) in [6, 6.07) is 6.01. The normalized spacial score (nSPS) is 12.8. The SMILES string of the molecule is CC(N)CCSCc1cccc(Cl)c1Cl. The summed E-state index contributed by atoms with van der Waals surface area (Å²) < 4.78 is 0. The van der Waals surface area contributed by atoms with E-state index in [2.05, 4.69) is 0 Å². The molecule has 0 aliphatic heterocycles. The van der Waals surface area contributed by atoms with Crippen LogP contribution in [0.15, 0.2) is 18.2 Å². The summed E-state index contributed by atoms with van der Waals surface area (Å²) in [6.45, 7) is 2.02. The lowest BCUT2D eigenvalue weighted by molar-refractivity contribution is 0.721. The zero-order valence-electron chi connectivity index (χ0n) is 8.67. The van der Waals surface area contributed by atoms with Crippen LogP contribution < -0.4 is 5.73 Å². The van der Waals surface area contributed by atoms with Crippen molar-refractivity contribution in [1.29, 1.82) is 0 Å². The lowest BCUT2D eigenvalue weighted by atomic mass is 10.2. The molecule has 0 saturated carbocycles. The Balaban J connectivity index is 2.41. The fraction of sp³-hybridized carbons (Fsp3) is 0.455. The zero-order valence-corrected chi connectivity index (χ0v) is 11.0. The van der Waals surface area contributed by atoms with Gasteiger partial charge >= 0.3 is 0 Å². The van der Waals surface area contributed by atoms with Gasteiger partial charge in [0.25, 0.3) is 0 Å². The molecule has 0 spiro atoms. The minimum absolute atomic E-state index is 0.271. The molecule has 0 aliphatic rings. The van der Waals surface area contributed by atoms with E-state index in [-0.39, 0.29) is 6.04 Å². The maximum absolute atomic E-state index is 6.06. The van der Waals surface area contributed by atoms with Crippen molar-refractivity contribution in [1.82, 2.24) is 0 Å². The van der Waals surface area contributed by atoms with E-state index >= 15 is 0 Å². The number of halogens is 2. The minimum Gasteiger partial charge on any atom is -0.328 e. The molecule has 1 aromatic rings. The van der Waals surface area contributed by atoms with Gasteiger partial charge in [0.05, 0.1) is 10.0 Å². The van der Waals surface area contributed by atoms with Crippen LogP contribution in [0.1, 0.15) is 18.9 Å². The molecule has 15 heavy (non-hydrogen) atoms. The van der Waals surface area contributed by atoms with Gasteiger partial charge < -0.3 is 5.73 Å². The number of rotatable bonds is 5. The highest BCUT2D eigenvalue weighted by Gasteiger charge is 2.04. The molecular weight excluding hydrogens is 249 g/mol. The molecule has 0 fully saturated rings. The predicted octanol–water partition coefficient (Wildman–Crippen LogP) is 3.96. The van der Waals surface area contributed by atoms with Crippen LogP contribution in [0.5, 0.6) is 0 Å². The molecule has 0 saturated heterocycles. The summed E-state index contributed by atoms with van der Waals surface area (Å²) in [5.74, 6) is 1.95. The van der Waals surface area contributed by atoms with Crippen LogP contribution >= 0.6 is 35.0 Å². The molecule has 1 aromatic carbocycles. The van der Waals surface area contributed by atoms with Crippen LogP contribution in [0.4, 0.5) is 0 Å². The Morgan fingerprint density at radius 2 is 2.13 bits per heavy atom. The van der Waals surface area contributed by atoms with Crippen molar-refractivity contribution in [2.24, 2.45) is 5.73 Å². The van der Waals surface area contributed by atoms with E-state index in [1.54, 1.807) is 6.07 Å². The zero-order chi connectivity index (χ0) is 11.3. The van der Waals surface area contributed by atoms with Crippen LogP contribution in [-0.2, 0) is 5.75 Å². The second-order valence-electron chi connectivity index (χ2n) is 3.53. The lowest BCUT2D eigenvalue weighted by Crippen LogP contribution is -2.15. The summed E-state index contributed by atoms with van der Waals surface area (Å²) in [4.78, 5) is 0. The largest absolute Gasteiger partial charge is 0.328 e. The molecule has 2 N–H and O–H groups in total. The van der Waals surface area contributed by atoms with Crippen molar-refractivity contribution in [3.05, 3.63) is 33.8 Å². The molecule has 84 valence electrons. The van der Waals surface area contributed by atoms with Crippen LogP contribution in [0.25, 0.3) is 0 Å². The van der Waals surface area contributed by atoms with Crippen molar-refractivity contribution in [3.8, 4) is 0 Å². The average Bonchev–Trinajstić information content (AvgIpc) is 2.18. The van der Waals surface area contributed by atoms with E-state index < -0.39 is 0 Å². The average molecular weight is 264 g/mol. The molecule has 4 heteroatoms. The van der Waals surface area contributed by atoms with Gasteiger partial charge in [0.15, 0.2) is 0 Å². The highest BCUT2D eigenvalue weighted by molar-refractivity contribution is 7.98. The van der Waals surface area contributed by atoms with Gasteiger partial charge in [0.2, 0.25) is 0 Å². The first-order valence-corrected chi connectivity index (χ1v) is 6.78. The fourth-order valence-electron chi connectivity index (χ4n) is 1.11. The highest BCUT2D eigenvalue weighted by Crippen LogP contribution is 2.28. The van der Waals surface area contributed by atoms with Crippen molar-refractivity contribution in [2.45, 2.75) is 25.1 Å². The third-order valence-corrected chi connectivity index (χ3v) is 3.90. The van der Waals surface area contributed by atoms with Crippen molar-refractivity contribution in [2.75, 3.05) is 5.75 Å². The Kier molecular flexibility index (Phi) is 5.83. The molecule has 0 radical (unpaired) electrons. The van der Waals surface area contributed by atoms with Crippen LogP contribution in [0, 0.1) is 0 Å². The van der Waals surface area contributed by atoms with Gasteiger partial charge in [-0.2, -0.15) is 11.8 Å². The summed E-state index contributed by atoms with van der Waals surface area (Å²) in [5.41, 5.74) is 6.76. The smallest absolute Gasteiger partial charge is 0.0632 e. The first kappa shape index (κ1) is 13.2. The van der Waals surface area contributed by atoms with E-state index in [4.69, 9.17) is 28.9 Å². The molecule has 0 bridgehead atoms. The monoisotopic (exact) mass is 263 g/mol. The van der Waals surface area contributed by atoms with Crippen LogP contribution in [-0.4, -0.2) is 11.8 Å². The third-order valence-electron chi connectivity index (χ3n) is 2.01. The lowest BCUT2D eigenvalue weighted by Gasteiger charge is -2.07. The minimum atomic E-state index is 0.271. The van der Waals surface area contributed by atoms with Crippen LogP contribution in [0.3, 0.4) is 0 Å². The number of benzene rings is 1. The van der Waals surface area contributed by atoms with Gasteiger partial charge in [0, 0.05) is 11.8 Å². The Morgan fingerprint density at radius 1 is 1.40 bits per heavy atom. The fourth-order valence-corrected chi connectivity index (χ4v) is 2.72. The molecule has 1 nitrogen and oxygen atoms in total. The topological polar surface area (TPSA) is 26.0 Å². The van der Waals surface area contributed by atoms with Crippen molar-refractivity contribution in [3.63, 3.8) is 0 Å². The van der Waals surface area contributed by atoms with Gasteiger partial charge in [-0.15, -0.1) is 0 Å². The molecule has 1 atom stereocenters. The van der Waals surface area contributed by atoms with Gasteiger partial charge in [0.1, 0.15) is 0 Å². The number of nitrogens with two attached hydrogens (primary N) is 1. The summed E-state index contributed by atoms with van der Waals surface area (Å²) in [6.07, 6.45) is 1.03. The van der Waals surface area contributed by atoms with E-state index in [0.717, 1.165) is 23.5 Å². The van der Waals surface area contributed by atoms with E-state index in [1.165, 1.54) is 0 Å². The summed E-state index contributed by atoms with van der Waals surface area (Å²) in [5, 5.41) is 1.30. The molecule has 0 aromatic heterocycles. The van der Waals surface area contributed by atoms with Gasteiger partial charge in [-0.25, -0.2) is 0 Å². The quantitative estimate of drug-likeness (QED) is 0.814. The number of thioether (sulfide) groups is 1. The third kappa shape index (κ3) is 4.64. The highest BCUT2D eigenvalue weighted by atomic mass is 35.5. The Morgan fingerprint density at radius 3 is 2.80 bits per heavy atom. The Hall–Kier alpha value is 0.110. The maximum Gasteiger partial charge on any atom is 0.0632 e. The molecule has 1 rings (SSSR count). The maximum atomic E-state index is 6.06. The van der Waals surface area contributed by atoms with Gasteiger partial charge in [-0.1, -0.05) is 35.3 Å². The Labute approximate surface area is 105 Å². The van der Waals surface area contributed by atoms with Crippen molar-refractivity contribution < 1.29 is 0 Å². The molecular formula is C11H15Cl2NS. The summed E-state index contributed by atoms with van der Waals surface area (Å²) >= 11 is 13.8.